The van der Waals surface area contributed by atoms with Gasteiger partial charge in [0.15, 0.2) is 5.58 Å². The number of hydrogen-bond donors (Lipinski definition) is 1. The zero-order chi connectivity index (χ0) is 18.7. The number of nitro groups is 1. The van der Waals surface area contributed by atoms with Crippen LogP contribution in [0.1, 0.15) is 12.8 Å². The molecule has 1 heterocycles. The number of aromatic nitrogens is 1. The Bertz CT molecular complexity index is 1040. The standard InChI is InChI=1S/C17H14ClN3O5/c18-11-3-1-4-12(9-11)19-16(22)5-2-8-20-14-7-6-13(21(24)25)10-15(14)26-17(20)23/h1,3-4,6-7,9-10H,2,5,8H2,(H,19,22). The molecule has 1 aromatic heterocycles. The second-order valence-corrected chi connectivity index (χ2v) is 6.03. The average Bonchev–Trinajstić information content (AvgIpc) is 2.89. The zero-order valence-corrected chi connectivity index (χ0v) is 14.2. The first-order valence-corrected chi connectivity index (χ1v) is 8.15. The Balaban J connectivity index is 1.64. The van der Waals surface area contributed by atoms with Crippen LogP contribution in [0.5, 0.6) is 0 Å². The molecular formula is C17H14ClN3O5. The van der Waals surface area contributed by atoms with Gasteiger partial charge in [0.05, 0.1) is 16.5 Å². The van der Waals surface area contributed by atoms with Gasteiger partial charge in [-0.3, -0.25) is 19.5 Å². The molecule has 0 atom stereocenters. The predicted molar refractivity (Wildman–Crippen MR) is 96.4 cm³/mol. The number of non-ortho nitro benzene ring substituents is 1. The summed E-state index contributed by atoms with van der Waals surface area (Å²) in [5, 5.41) is 14.0. The number of aryl methyl sites for hydroxylation is 1. The highest BCUT2D eigenvalue weighted by molar-refractivity contribution is 6.30. The first-order chi connectivity index (χ1) is 12.4. The number of amides is 1. The zero-order valence-electron chi connectivity index (χ0n) is 13.5. The normalized spacial score (nSPS) is 10.8. The molecule has 8 nitrogen and oxygen atoms in total. The molecule has 0 bridgehead atoms. The summed E-state index contributed by atoms with van der Waals surface area (Å²) in [6.45, 7) is 0.257. The van der Waals surface area contributed by atoms with E-state index in [1.807, 2.05) is 0 Å². The van der Waals surface area contributed by atoms with E-state index >= 15 is 0 Å². The molecule has 2 aromatic carbocycles. The van der Waals surface area contributed by atoms with Crippen LogP contribution in [0.3, 0.4) is 0 Å². The monoisotopic (exact) mass is 375 g/mol. The fourth-order valence-electron chi connectivity index (χ4n) is 2.57. The number of oxazole rings is 1. The van der Waals surface area contributed by atoms with Crippen LogP contribution in [0, 0.1) is 10.1 Å². The molecular weight excluding hydrogens is 362 g/mol. The summed E-state index contributed by atoms with van der Waals surface area (Å²) in [6.07, 6.45) is 0.594. The van der Waals surface area contributed by atoms with Crippen molar-refractivity contribution in [2.45, 2.75) is 19.4 Å². The molecule has 0 spiro atoms. The van der Waals surface area contributed by atoms with E-state index in [0.717, 1.165) is 0 Å². The maximum absolute atomic E-state index is 12.0. The number of benzene rings is 2. The molecule has 0 aliphatic carbocycles. The topological polar surface area (TPSA) is 107 Å². The number of nitro benzene ring substituents is 1. The second-order valence-electron chi connectivity index (χ2n) is 5.59. The number of carbonyl (C=O) groups is 1. The van der Waals surface area contributed by atoms with Crippen molar-refractivity contribution in [1.29, 1.82) is 0 Å². The van der Waals surface area contributed by atoms with Crippen molar-refractivity contribution in [3.63, 3.8) is 0 Å². The van der Waals surface area contributed by atoms with Crippen LogP contribution in [0.2, 0.25) is 5.02 Å². The largest absolute Gasteiger partial charge is 0.419 e. The third kappa shape index (κ3) is 3.92. The molecule has 0 unspecified atom stereocenters. The molecule has 0 aliphatic rings. The lowest BCUT2D eigenvalue weighted by Crippen LogP contribution is -2.17. The van der Waals surface area contributed by atoms with Crippen LogP contribution in [0.25, 0.3) is 11.1 Å². The van der Waals surface area contributed by atoms with Gasteiger partial charge in [-0.2, -0.15) is 0 Å². The van der Waals surface area contributed by atoms with Gasteiger partial charge in [0.2, 0.25) is 5.91 Å². The van der Waals surface area contributed by atoms with Crippen LogP contribution >= 0.6 is 11.6 Å². The number of nitrogens with zero attached hydrogens (tertiary/aromatic N) is 2. The van der Waals surface area contributed by atoms with Gasteiger partial charge in [0.25, 0.3) is 5.69 Å². The lowest BCUT2D eigenvalue weighted by atomic mass is 10.2. The summed E-state index contributed by atoms with van der Waals surface area (Å²) in [5.74, 6) is -0.820. The third-order valence-electron chi connectivity index (χ3n) is 3.76. The van der Waals surface area contributed by atoms with E-state index < -0.39 is 10.7 Å². The quantitative estimate of drug-likeness (QED) is 0.523. The molecule has 1 amide bonds. The van der Waals surface area contributed by atoms with Crippen LogP contribution in [-0.2, 0) is 11.3 Å². The number of carbonyl (C=O) groups excluding carboxylic acids is 1. The van der Waals surface area contributed by atoms with Crippen LogP contribution < -0.4 is 11.1 Å². The van der Waals surface area contributed by atoms with Crippen molar-refractivity contribution in [3.05, 3.63) is 68.2 Å². The van der Waals surface area contributed by atoms with Crippen molar-refractivity contribution in [1.82, 2.24) is 4.57 Å². The highest BCUT2D eigenvalue weighted by Crippen LogP contribution is 2.20. The molecule has 0 fully saturated rings. The molecule has 1 N–H and O–H groups in total. The van der Waals surface area contributed by atoms with Gasteiger partial charge in [-0.25, -0.2) is 4.79 Å². The van der Waals surface area contributed by atoms with Gasteiger partial charge >= 0.3 is 5.76 Å². The minimum Gasteiger partial charge on any atom is -0.407 e. The Kier molecular flexibility index (Phi) is 5.04. The molecule has 3 rings (SSSR count). The summed E-state index contributed by atoms with van der Waals surface area (Å²) in [6, 6.07) is 10.8. The van der Waals surface area contributed by atoms with Crippen LogP contribution in [0.15, 0.2) is 51.7 Å². The number of rotatable bonds is 6. The highest BCUT2D eigenvalue weighted by Gasteiger charge is 2.14. The first kappa shape index (κ1) is 17.7. The minimum atomic E-state index is -0.615. The molecule has 134 valence electrons. The number of fused-ring (bicyclic) bond motifs is 1. The van der Waals surface area contributed by atoms with E-state index in [0.29, 0.717) is 22.6 Å². The van der Waals surface area contributed by atoms with Crippen molar-refractivity contribution in [3.8, 4) is 0 Å². The Labute approximate surface area is 152 Å². The van der Waals surface area contributed by atoms with E-state index in [-0.39, 0.29) is 30.1 Å². The van der Waals surface area contributed by atoms with E-state index in [2.05, 4.69) is 5.32 Å². The van der Waals surface area contributed by atoms with Crippen LogP contribution in [-0.4, -0.2) is 15.4 Å². The van der Waals surface area contributed by atoms with Gasteiger partial charge in [-0.05, 0) is 30.7 Å². The van der Waals surface area contributed by atoms with E-state index in [1.165, 1.54) is 22.8 Å². The molecule has 26 heavy (non-hydrogen) atoms. The maximum Gasteiger partial charge on any atom is 0.419 e. The van der Waals surface area contributed by atoms with Gasteiger partial charge < -0.3 is 9.73 Å². The first-order valence-electron chi connectivity index (χ1n) is 7.77. The summed E-state index contributed by atoms with van der Waals surface area (Å²) < 4.78 is 6.40. The van der Waals surface area contributed by atoms with Gasteiger partial charge in [0, 0.05) is 29.7 Å². The van der Waals surface area contributed by atoms with Crippen molar-refractivity contribution in [2.24, 2.45) is 0 Å². The number of hydrogen-bond acceptors (Lipinski definition) is 5. The van der Waals surface area contributed by atoms with Gasteiger partial charge in [0.1, 0.15) is 0 Å². The van der Waals surface area contributed by atoms with Gasteiger partial charge in [-0.15, -0.1) is 0 Å². The lowest BCUT2D eigenvalue weighted by Gasteiger charge is -2.06. The SMILES string of the molecule is O=C(CCCn1c(=O)oc2cc([N+](=O)[O-])ccc21)Nc1cccc(Cl)c1. The smallest absolute Gasteiger partial charge is 0.407 e. The van der Waals surface area contributed by atoms with Crippen molar-refractivity contribution < 1.29 is 14.1 Å². The predicted octanol–water partition coefficient (Wildman–Crippen LogP) is 3.58. The molecule has 0 saturated heterocycles. The second kappa shape index (κ2) is 7.40. The summed E-state index contributed by atoms with van der Waals surface area (Å²) in [7, 11) is 0. The fourth-order valence-corrected chi connectivity index (χ4v) is 2.76. The maximum atomic E-state index is 12.0. The number of halogens is 1. The molecule has 3 aromatic rings. The summed E-state index contributed by atoms with van der Waals surface area (Å²) in [4.78, 5) is 34.1. The van der Waals surface area contributed by atoms with E-state index in [4.69, 9.17) is 16.0 Å². The summed E-state index contributed by atoms with van der Waals surface area (Å²) in [5.41, 5.74) is 1.04. The minimum absolute atomic E-state index is 0.146. The van der Waals surface area contributed by atoms with Crippen molar-refractivity contribution >= 4 is 40.0 Å². The molecule has 0 aliphatic heterocycles. The summed E-state index contributed by atoms with van der Waals surface area (Å²) >= 11 is 5.86. The average molecular weight is 376 g/mol. The molecule has 0 saturated carbocycles. The van der Waals surface area contributed by atoms with Gasteiger partial charge in [-0.1, -0.05) is 17.7 Å². The van der Waals surface area contributed by atoms with E-state index in [1.54, 1.807) is 24.3 Å². The highest BCUT2D eigenvalue weighted by atomic mass is 35.5. The third-order valence-corrected chi connectivity index (χ3v) is 3.99. The Hall–Kier alpha value is -3.13. The Morgan fingerprint density at radius 2 is 2.08 bits per heavy atom. The molecule has 0 radical (unpaired) electrons. The van der Waals surface area contributed by atoms with Crippen molar-refractivity contribution in [2.75, 3.05) is 5.32 Å². The van der Waals surface area contributed by atoms with Crippen LogP contribution in [0.4, 0.5) is 11.4 Å². The molecule has 9 heteroatoms. The Morgan fingerprint density at radius 3 is 2.81 bits per heavy atom. The fraction of sp³-hybridized carbons (Fsp3) is 0.176. The number of anilines is 1. The van der Waals surface area contributed by atoms with E-state index in [9.17, 15) is 19.7 Å². The lowest BCUT2D eigenvalue weighted by molar-refractivity contribution is -0.384. The Morgan fingerprint density at radius 1 is 1.27 bits per heavy atom. The number of nitrogens with one attached hydrogen (secondary N) is 1.